The molecule has 0 unspecified atom stereocenters. The summed E-state index contributed by atoms with van der Waals surface area (Å²) in [6.07, 6.45) is -5.61. The lowest BCUT2D eigenvalue weighted by Crippen LogP contribution is -2.77. The Labute approximate surface area is 90.2 Å². The van der Waals surface area contributed by atoms with E-state index in [1.807, 2.05) is 0 Å². The molecule has 0 aromatic carbocycles. The molecule has 1 heterocycles. The van der Waals surface area contributed by atoms with E-state index in [9.17, 15) is 24.5 Å². The van der Waals surface area contributed by atoms with Crippen molar-refractivity contribution in [2.75, 3.05) is 6.61 Å². The molecule has 16 heavy (non-hydrogen) atoms. The predicted molar refractivity (Wildman–Crippen MR) is 47.6 cm³/mol. The van der Waals surface area contributed by atoms with Crippen LogP contribution >= 0.6 is 0 Å². The van der Waals surface area contributed by atoms with E-state index in [1.54, 1.807) is 0 Å². The fraction of sp³-hybridized carbons (Fsp3) is 0.875. The Morgan fingerprint density at radius 2 is 2.06 bits per heavy atom. The summed E-state index contributed by atoms with van der Waals surface area (Å²) >= 11 is 0. The number of carbonyl (C=O) groups excluding carboxylic acids is 1. The molecule has 1 aliphatic heterocycles. The molecule has 94 valence electrons. The van der Waals surface area contributed by atoms with E-state index in [0.717, 1.165) is 6.92 Å². The van der Waals surface area contributed by atoms with Crippen LogP contribution in [0.2, 0.25) is 0 Å². The number of Topliss-reactive ketones (excluding diaryl/α,β-unsaturated/α-hetero) is 1. The van der Waals surface area contributed by atoms with Crippen LogP contribution in [0.1, 0.15) is 6.92 Å². The van der Waals surface area contributed by atoms with Crippen molar-refractivity contribution in [1.82, 2.24) is 0 Å². The van der Waals surface area contributed by atoms with Gasteiger partial charge in [0, 0.05) is 6.92 Å². The second kappa shape index (κ2) is 3.99. The molecule has 0 saturated carbocycles. The molecular weight excluding hydrogens is 225 g/mol. The van der Waals surface area contributed by atoms with Crippen molar-refractivity contribution in [3.8, 4) is 0 Å². The lowest BCUT2D eigenvalue weighted by atomic mass is 9.86. The van der Waals surface area contributed by atoms with Crippen LogP contribution in [0.15, 0.2) is 0 Å². The van der Waals surface area contributed by atoms with E-state index >= 15 is 0 Å². The lowest BCUT2D eigenvalue weighted by Gasteiger charge is -2.47. The number of aliphatic hydroxyl groups is 4. The molecule has 1 rings (SSSR count). The first-order valence-corrected chi connectivity index (χ1v) is 4.54. The van der Waals surface area contributed by atoms with Gasteiger partial charge in [0.1, 0.15) is 18.3 Å². The predicted octanol–water partition coefficient (Wildman–Crippen LogP) is -3.00. The molecule has 0 aromatic heterocycles. The Morgan fingerprint density at radius 1 is 1.56 bits per heavy atom. The minimum absolute atomic E-state index is 0.806. The van der Waals surface area contributed by atoms with E-state index in [1.165, 1.54) is 0 Å². The number of aliphatic hydroxyl groups excluding tert-OH is 3. The van der Waals surface area contributed by atoms with Crippen LogP contribution in [0.4, 0.5) is 4.39 Å². The third kappa shape index (κ3) is 1.63. The molecule has 0 aromatic rings. The fourth-order valence-electron chi connectivity index (χ4n) is 1.53. The molecule has 0 aliphatic carbocycles. The molecule has 5 atom stereocenters. The number of hydrogen-bond acceptors (Lipinski definition) is 7. The van der Waals surface area contributed by atoms with E-state index < -0.39 is 42.3 Å². The monoisotopic (exact) mass is 239 g/mol. The first-order valence-electron chi connectivity index (χ1n) is 4.54. The van der Waals surface area contributed by atoms with Gasteiger partial charge in [-0.05, 0) is 0 Å². The van der Waals surface area contributed by atoms with Gasteiger partial charge >= 0.3 is 0 Å². The molecule has 0 spiro atoms. The second-order valence-electron chi connectivity index (χ2n) is 3.74. The highest BCUT2D eigenvalue weighted by molar-refractivity contribution is 5.84. The maximum absolute atomic E-state index is 13.8. The standard InChI is InChI=1S/C8H14FNO6/c1-3(12)8(15)7(9,10)6(14)5(13)4(2-11)16-8/h4-6,11,13-15H,2,10H2,1H3/t4-,5-,6+,7-,8+/m1/s1. The Bertz CT molecular complexity index is 298. The molecule has 1 fully saturated rings. The lowest BCUT2D eigenvalue weighted by molar-refractivity contribution is -0.350. The van der Waals surface area contributed by atoms with Gasteiger partial charge < -0.3 is 25.2 Å². The number of carbonyl (C=O) groups is 1. The summed E-state index contributed by atoms with van der Waals surface area (Å²) < 4.78 is 18.3. The summed E-state index contributed by atoms with van der Waals surface area (Å²) in [6.45, 7) is -0.00998. The second-order valence-corrected chi connectivity index (χ2v) is 3.74. The smallest absolute Gasteiger partial charge is 0.278 e. The Balaban J connectivity index is 3.15. The summed E-state index contributed by atoms with van der Waals surface area (Å²) in [5.41, 5.74) is 4.95. The maximum Gasteiger partial charge on any atom is 0.278 e. The van der Waals surface area contributed by atoms with Gasteiger partial charge in [-0.2, -0.15) is 0 Å². The van der Waals surface area contributed by atoms with Crippen molar-refractivity contribution in [2.45, 2.75) is 36.8 Å². The van der Waals surface area contributed by atoms with Crippen molar-refractivity contribution in [1.29, 1.82) is 0 Å². The molecule has 6 N–H and O–H groups in total. The molecule has 7 nitrogen and oxygen atoms in total. The number of alkyl halides is 1. The van der Waals surface area contributed by atoms with Gasteiger partial charge in [-0.3, -0.25) is 10.5 Å². The Hall–Kier alpha value is -0.640. The van der Waals surface area contributed by atoms with Gasteiger partial charge in [0.15, 0.2) is 5.78 Å². The summed E-state index contributed by atoms with van der Waals surface area (Å²) in [7, 11) is 0. The molecule has 0 bridgehead atoms. The van der Waals surface area contributed by atoms with Gasteiger partial charge in [0.25, 0.3) is 5.79 Å². The third-order valence-electron chi connectivity index (χ3n) is 2.63. The fourth-order valence-corrected chi connectivity index (χ4v) is 1.53. The number of rotatable bonds is 2. The van der Waals surface area contributed by atoms with Gasteiger partial charge in [0.2, 0.25) is 5.79 Å². The van der Waals surface area contributed by atoms with Crippen LogP contribution in [-0.4, -0.2) is 62.7 Å². The van der Waals surface area contributed by atoms with Crippen molar-refractivity contribution in [3.63, 3.8) is 0 Å². The average Bonchev–Trinajstić information content (AvgIpc) is 2.21. The highest BCUT2D eigenvalue weighted by Gasteiger charge is 2.65. The normalized spacial score (nSPS) is 49.1. The zero-order valence-electron chi connectivity index (χ0n) is 8.50. The highest BCUT2D eigenvalue weighted by atomic mass is 19.1. The zero-order chi connectivity index (χ0) is 12.7. The van der Waals surface area contributed by atoms with Crippen molar-refractivity contribution in [3.05, 3.63) is 0 Å². The third-order valence-corrected chi connectivity index (χ3v) is 2.63. The van der Waals surface area contributed by atoms with Crippen molar-refractivity contribution >= 4 is 5.78 Å². The molecule has 1 saturated heterocycles. The topological polar surface area (TPSA) is 133 Å². The summed E-state index contributed by atoms with van der Waals surface area (Å²) in [5.74, 6) is -7.63. The molecule has 8 heteroatoms. The maximum atomic E-state index is 13.8. The average molecular weight is 239 g/mol. The highest BCUT2D eigenvalue weighted by Crippen LogP contribution is 2.36. The summed E-state index contributed by atoms with van der Waals surface area (Å²) in [5, 5.41) is 37.0. The summed E-state index contributed by atoms with van der Waals surface area (Å²) in [4.78, 5) is 11.1. The summed E-state index contributed by atoms with van der Waals surface area (Å²) in [6, 6.07) is 0. The number of nitrogens with two attached hydrogens (primary N) is 1. The van der Waals surface area contributed by atoms with E-state index in [4.69, 9.17) is 10.8 Å². The quantitative estimate of drug-likeness (QED) is 0.324. The van der Waals surface area contributed by atoms with Crippen LogP contribution in [0.5, 0.6) is 0 Å². The minimum Gasteiger partial charge on any atom is -0.394 e. The van der Waals surface area contributed by atoms with E-state index in [0.29, 0.717) is 0 Å². The number of hydrogen-bond donors (Lipinski definition) is 5. The van der Waals surface area contributed by atoms with E-state index in [2.05, 4.69) is 4.74 Å². The van der Waals surface area contributed by atoms with Crippen LogP contribution < -0.4 is 5.73 Å². The molecule has 0 amide bonds. The van der Waals surface area contributed by atoms with Gasteiger partial charge in [0.05, 0.1) is 6.61 Å². The Kier molecular flexibility index (Phi) is 3.34. The van der Waals surface area contributed by atoms with E-state index in [-0.39, 0.29) is 0 Å². The first-order chi connectivity index (χ1) is 7.18. The van der Waals surface area contributed by atoms with Crippen LogP contribution in [0, 0.1) is 0 Å². The number of halogens is 1. The van der Waals surface area contributed by atoms with Crippen molar-refractivity contribution in [2.24, 2.45) is 5.73 Å². The van der Waals surface area contributed by atoms with Crippen LogP contribution in [0.25, 0.3) is 0 Å². The molecule has 0 radical (unpaired) electrons. The van der Waals surface area contributed by atoms with Crippen molar-refractivity contribution < 1.29 is 34.3 Å². The van der Waals surface area contributed by atoms with Gasteiger partial charge in [-0.15, -0.1) is 0 Å². The van der Waals surface area contributed by atoms with Gasteiger partial charge in [-0.25, -0.2) is 4.39 Å². The minimum atomic E-state index is -3.36. The SMILES string of the molecule is CC(=O)[C@]1(O)O[C@H](CO)[C@@H](O)[C@H](O)[C@]1(N)F. The zero-order valence-corrected chi connectivity index (χ0v) is 8.50. The van der Waals surface area contributed by atoms with Crippen LogP contribution in [0.3, 0.4) is 0 Å². The van der Waals surface area contributed by atoms with Crippen LogP contribution in [-0.2, 0) is 9.53 Å². The molecular formula is C8H14FNO6. The van der Waals surface area contributed by atoms with Gasteiger partial charge in [-0.1, -0.05) is 0 Å². The first kappa shape index (κ1) is 13.4. The largest absolute Gasteiger partial charge is 0.394 e. The number of ether oxygens (including phenoxy) is 1. The number of ketones is 1. The Morgan fingerprint density at radius 3 is 2.44 bits per heavy atom. The molecule has 1 aliphatic rings.